The molecule has 3 aromatic heterocycles. The molecule has 0 atom stereocenters. The molecule has 33 heavy (non-hydrogen) atoms. The van der Waals surface area contributed by atoms with Gasteiger partial charge in [-0.05, 0) is 54.0 Å². The summed E-state index contributed by atoms with van der Waals surface area (Å²) in [7, 11) is 1.41. The van der Waals surface area contributed by atoms with Gasteiger partial charge in [0.1, 0.15) is 11.3 Å². The number of hydrogen-bond acceptors (Lipinski definition) is 6. The fourth-order valence-corrected chi connectivity index (χ4v) is 4.09. The van der Waals surface area contributed by atoms with E-state index < -0.39 is 5.82 Å². The number of benzene rings is 1. The van der Waals surface area contributed by atoms with Crippen molar-refractivity contribution >= 4 is 11.4 Å². The summed E-state index contributed by atoms with van der Waals surface area (Å²) in [6.45, 7) is 0.588. The third-order valence-corrected chi connectivity index (χ3v) is 6.07. The van der Waals surface area contributed by atoms with E-state index in [1.165, 1.54) is 25.5 Å². The molecule has 5 rings (SSSR count). The van der Waals surface area contributed by atoms with Crippen molar-refractivity contribution in [3.05, 3.63) is 76.8 Å². The summed E-state index contributed by atoms with van der Waals surface area (Å²) in [4.78, 5) is 17.3. The van der Waals surface area contributed by atoms with E-state index in [1.807, 2.05) is 16.7 Å². The molecule has 0 radical (unpaired) electrons. The van der Waals surface area contributed by atoms with E-state index in [-0.39, 0.29) is 36.6 Å². The van der Waals surface area contributed by atoms with Crippen LogP contribution in [-0.2, 0) is 19.5 Å². The van der Waals surface area contributed by atoms with Crippen molar-refractivity contribution in [1.29, 1.82) is 0 Å². The SMILES string of the molecule is COc1ccc(CN)c(CCC(=O)c2cn(Cc3cn4cc(C5CC5)ccc4n3)nn2)c1F. The van der Waals surface area contributed by atoms with E-state index in [0.717, 1.165) is 11.3 Å². The van der Waals surface area contributed by atoms with Gasteiger partial charge in [-0.1, -0.05) is 17.3 Å². The third-order valence-electron chi connectivity index (χ3n) is 6.07. The lowest BCUT2D eigenvalue weighted by atomic mass is 9.99. The molecule has 1 aliphatic rings. The second kappa shape index (κ2) is 8.74. The molecular formula is C24H25FN6O2. The second-order valence-electron chi connectivity index (χ2n) is 8.38. The van der Waals surface area contributed by atoms with Crippen molar-refractivity contribution in [2.45, 2.75) is 44.7 Å². The zero-order valence-electron chi connectivity index (χ0n) is 18.4. The van der Waals surface area contributed by atoms with E-state index >= 15 is 0 Å². The fraction of sp³-hybridized carbons (Fsp3) is 0.333. The minimum atomic E-state index is -0.478. The molecule has 0 aliphatic heterocycles. The molecule has 1 fully saturated rings. The van der Waals surface area contributed by atoms with Crippen LogP contribution in [-0.4, -0.2) is 37.3 Å². The van der Waals surface area contributed by atoms with Crippen LogP contribution in [0.25, 0.3) is 5.65 Å². The minimum Gasteiger partial charge on any atom is -0.494 e. The first-order valence-electron chi connectivity index (χ1n) is 11.0. The van der Waals surface area contributed by atoms with Gasteiger partial charge in [-0.25, -0.2) is 14.1 Å². The predicted molar refractivity (Wildman–Crippen MR) is 120 cm³/mol. The van der Waals surface area contributed by atoms with Crippen LogP contribution in [0.1, 0.15) is 58.1 Å². The van der Waals surface area contributed by atoms with Crippen LogP contribution in [0.3, 0.4) is 0 Å². The highest BCUT2D eigenvalue weighted by Gasteiger charge is 2.24. The zero-order chi connectivity index (χ0) is 22.9. The van der Waals surface area contributed by atoms with Crippen molar-refractivity contribution in [1.82, 2.24) is 24.4 Å². The van der Waals surface area contributed by atoms with Crippen molar-refractivity contribution < 1.29 is 13.9 Å². The number of carbonyl (C=O) groups excluding carboxylic acids is 1. The topological polar surface area (TPSA) is 100 Å². The number of imidazole rings is 1. The normalized spacial score (nSPS) is 13.5. The molecule has 0 bridgehead atoms. The Bertz CT molecular complexity index is 1320. The molecular weight excluding hydrogens is 423 g/mol. The molecule has 0 spiro atoms. The van der Waals surface area contributed by atoms with Gasteiger partial charge < -0.3 is 14.9 Å². The highest BCUT2D eigenvalue weighted by Crippen LogP contribution is 2.39. The Morgan fingerprint density at radius 2 is 2.06 bits per heavy atom. The minimum absolute atomic E-state index is 0.0914. The van der Waals surface area contributed by atoms with Gasteiger partial charge in [0.2, 0.25) is 0 Å². The number of rotatable bonds is 9. The van der Waals surface area contributed by atoms with Crippen LogP contribution in [0, 0.1) is 5.82 Å². The van der Waals surface area contributed by atoms with Crippen LogP contribution in [0.4, 0.5) is 4.39 Å². The van der Waals surface area contributed by atoms with Gasteiger partial charge in [0, 0.05) is 25.4 Å². The van der Waals surface area contributed by atoms with Gasteiger partial charge in [0.25, 0.3) is 0 Å². The van der Waals surface area contributed by atoms with Gasteiger partial charge in [-0.2, -0.15) is 0 Å². The Morgan fingerprint density at radius 1 is 1.21 bits per heavy atom. The van der Waals surface area contributed by atoms with Crippen LogP contribution in [0.15, 0.2) is 42.9 Å². The maximum Gasteiger partial charge on any atom is 0.185 e. The van der Waals surface area contributed by atoms with E-state index in [4.69, 9.17) is 10.5 Å². The molecule has 9 heteroatoms. The van der Waals surface area contributed by atoms with Gasteiger partial charge in [-0.15, -0.1) is 5.10 Å². The number of ketones is 1. The molecule has 1 aromatic carbocycles. The van der Waals surface area contributed by atoms with Crippen molar-refractivity contribution in [3.63, 3.8) is 0 Å². The van der Waals surface area contributed by atoms with Crippen molar-refractivity contribution in [2.24, 2.45) is 5.73 Å². The van der Waals surface area contributed by atoms with Gasteiger partial charge in [0.05, 0.1) is 25.5 Å². The first-order chi connectivity index (χ1) is 16.1. The summed E-state index contributed by atoms with van der Waals surface area (Å²) >= 11 is 0. The molecule has 0 unspecified atom stereocenters. The first-order valence-corrected chi connectivity index (χ1v) is 11.0. The van der Waals surface area contributed by atoms with E-state index in [0.29, 0.717) is 23.6 Å². The molecule has 8 nitrogen and oxygen atoms in total. The van der Waals surface area contributed by atoms with Crippen molar-refractivity contribution in [2.75, 3.05) is 7.11 Å². The summed E-state index contributed by atoms with van der Waals surface area (Å²) < 4.78 is 23.3. The maximum absolute atomic E-state index is 14.6. The van der Waals surface area contributed by atoms with Crippen LogP contribution >= 0.6 is 0 Å². The van der Waals surface area contributed by atoms with E-state index in [9.17, 15) is 9.18 Å². The van der Waals surface area contributed by atoms with Gasteiger partial charge in [-0.3, -0.25) is 4.79 Å². The van der Waals surface area contributed by atoms with E-state index in [2.05, 4.69) is 27.6 Å². The number of halogens is 1. The number of methoxy groups -OCH3 is 1. The summed E-state index contributed by atoms with van der Waals surface area (Å²) in [6.07, 6.45) is 8.51. The number of nitrogens with zero attached hydrogens (tertiary/aromatic N) is 5. The highest BCUT2D eigenvalue weighted by molar-refractivity contribution is 5.94. The average molecular weight is 449 g/mol. The number of pyridine rings is 1. The Balaban J connectivity index is 1.26. The Kier molecular flexibility index (Phi) is 5.63. The lowest BCUT2D eigenvalue weighted by Gasteiger charge is -2.11. The number of nitrogens with two attached hydrogens (primary N) is 1. The molecule has 1 aliphatic carbocycles. The second-order valence-corrected chi connectivity index (χ2v) is 8.38. The largest absolute Gasteiger partial charge is 0.494 e. The van der Waals surface area contributed by atoms with Crippen LogP contribution < -0.4 is 10.5 Å². The van der Waals surface area contributed by atoms with Gasteiger partial charge >= 0.3 is 0 Å². The molecule has 0 amide bonds. The number of Topliss-reactive ketones (excluding diaryl/α,β-unsaturated/α-hetero) is 1. The number of hydrogen-bond donors (Lipinski definition) is 1. The average Bonchev–Trinajstić information content (AvgIpc) is 3.44. The van der Waals surface area contributed by atoms with Gasteiger partial charge in [0.15, 0.2) is 17.3 Å². The summed E-state index contributed by atoms with van der Waals surface area (Å²) in [5.41, 5.74) is 10.1. The smallest absolute Gasteiger partial charge is 0.185 e. The van der Waals surface area contributed by atoms with E-state index in [1.54, 1.807) is 23.0 Å². The lowest BCUT2D eigenvalue weighted by Crippen LogP contribution is -2.09. The number of aromatic nitrogens is 5. The lowest BCUT2D eigenvalue weighted by molar-refractivity contribution is 0.0977. The first kappa shape index (κ1) is 21.3. The molecule has 3 heterocycles. The fourth-order valence-electron chi connectivity index (χ4n) is 4.09. The Labute approximate surface area is 190 Å². The summed E-state index contributed by atoms with van der Waals surface area (Å²) in [5.74, 6) is 0.122. The number of ether oxygens (including phenoxy) is 1. The molecule has 4 aromatic rings. The van der Waals surface area contributed by atoms with Crippen LogP contribution in [0.5, 0.6) is 5.75 Å². The molecule has 170 valence electrons. The quantitative estimate of drug-likeness (QED) is 0.395. The number of fused-ring (bicyclic) bond motifs is 1. The maximum atomic E-state index is 14.6. The Hall–Kier alpha value is -3.59. The monoisotopic (exact) mass is 448 g/mol. The Morgan fingerprint density at radius 3 is 2.82 bits per heavy atom. The molecule has 2 N–H and O–H groups in total. The number of carbonyl (C=O) groups is 1. The molecule has 1 saturated carbocycles. The molecule has 0 saturated heterocycles. The van der Waals surface area contributed by atoms with Crippen molar-refractivity contribution in [3.8, 4) is 5.75 Å². The van der Waals surface area contributed by atoms with Crippen LogP contribution in [0.2, 0.25) is 0 Å². The summed E-state index contributed by atoms with van der Waals surface area (Å²) in [5, 5.41) is 8.08. The highest BCUT2D eigenvalue weighted by atomic mass is 19.1. The summed E-state index contributed by atoms with van der Waals surface area (Å²) in [6, 6.07) is 7.43. The third kappa shape index (κ3) is 4.36. The standard InChI is InChI=1S/C24H25FN6O2/c1-33-22-8-4-16(10-26)19(24(22)25)6-7-21(32)20-14-31(29-28-20)13-18-12-30-11-17(15-2-3-15)5-9-23(30)27-18/h4-5,8-9,11-12,14-15H,2-3,6-7,10,13,26H2,1H3. The zero-order valence-corrected chi connectivity index (χ0v) is 18.4. The predicted octanol–water partition coefficient (Wildman–Crippen LogP) is 3.27.